The molecule has 136 valence electrons. The molecule has 0 spiro atoms. The molecule has 0 aromatic heterocycles. The Morgan fingerprint density at radius 1 is 1.00 bits per heavy atom. The van der Waals surface area contributed by atoms with E-state index in [1.807, 2.05) is 19.1 Å². The number of non-ortho nitro benzene ring substituents is 1. The first-order chi connectivity index (χ1) is 12.9. The van der Waals surface area contributed by atoms with Gasteiger partial charge in [-0.2, -0.15) is 0 Å². The third-order valence-corrected chi connectivity index (χ3v) is 5.25. The van der Waals surface area contributed by atoms with Gasteiger partial charge in [-0.3, -0.25) is 14.9 Å². The van der Waals surface area contributed by atoms with Crippen LogP contribution in [0.15, 0.2) is 76.5 Å². The SMILES string of the molecule is Cc1ccc(C(=O)Nc2ccc(Sc3ccc([N+](=O)[O-])cc3)cc2)cc1Cl. The lowest BCUT2D eigenvalue weighted by Crippen LogP contribution is -2.11. The van der Waals surface area contributed by atoms with Crippen molar-refractivity contribution in [3.05, 3.63) is 93.0 Å². The number of nitrogens with zero attached hydrogens (tertiary/aromatic N) is 1. The van der Waals surface area contributed by atoms with Crippen LogP contribution in [-0.4, -0.2) is 10.8 Å². The van der Waals surface area contributed by atoms with Crippen molar-refractivity contribution >= 4 is 40.6 Å². The Bertz CT molecular complexity index is 989. The number of amides is 1. The van der Waals surface area contributed by atoms with Crippen molar-refractivity contribution in [2.45, 2.75) is 16.7 Å². The zero-order valence-electron chi connectivity index (χ0n) is 14.3. The van der Waals surface area contributed by atoms with Crippen molar-refractivity contribution in [2.24, 2.45) is 0 Å². The Morgan fingerprint density at radius 3 is 2.15 bits per heavy atom. The fraction of sp³-hybridized carbons (Fsp3) is 0.0500. The number of benzene rings is 3. The van der Waals surface area contributed by atoms with Crippen molar-refractivity contribution in [2.75, 3.05) is 5.32 Å². The summed E-state index contributed by atoms with van der Waals surface area (Å²) < 4.78 is 0. The van der Waals surface area contributed by atoms with Gasteiger partial charge < -0.3 is 5.32 Å². The van der Waals surface area contributed by atoms with Crippen LogP contribution < -0.4 is 5.32 Å². The van der Waals surface area contributed by atoms with Gasteiger partial charge in [0.1, 0.15) is 0 Å². The number of carbonyl (C=O) groups excluding carboxylic acids is 1. The van der Waals surface area contributed by atoms with Crippen LogP contribution in [0.5, 0.6) is 0 Å². The molecule has 0 aliphatic heterocycles. The van der Waals surface area contributed by atoms with Crippen molar-refractivity contribution in [1.29, 1.82) is 0 Å². The smallest absolute Gasteiger partial charge is 0.269 e. The molecule has 7 heteroatoms. The molecule has 5 nitrogen and oxygen atoms in total. The van der Waals surface area contributed by atoms with Gasteiger partial charge in [-0.25, -0.2) is 0 Å². The highest BCUT2D eigenvalue weighted by Gasteiger charge is 2.09. The van der Waals surface area contributed by atoms with Crippen LogP contribution in [-0.2, 0) is 0 Å². The maximum atomic E-state index is 12.3. The van der Waals surface area contributed by atoms with E-state index in [4.69, 9.17) is 11.6 Å². The predicted molar refractivity (Wildman–Crippen MR) is 108 cm³/mol. The predicted octanol–water partition coefficient (Wildman–Crippen LogP) is 5.96. The highest BCUT2D eigenvalue weighted by Crippen LogP contribution is 2.30. The molecule has 0 atom stereocenters. The lowest BCUT2D eigenvalue weighted by Gasteiger charge is -2.08. The summed E-state index contributed by atoms with van der Waals surface area (Å²) in [4.78, 5) is 24.4. The van der Waals surface area contributed by atoms with E-state index in [-0.39, 0.29) is 11.6 Å². The summed E-state index contributed by atoms with van der Waals surface area (Å²) in [6.45, 7) is 1.88. The van der Waals surface area contributed by atoms with Gasteiger partial charge >= 0.3 is 0 Å². The highest BCUT2D eigenvalue weighted by molar-refractivity contribution is 7.99. The Morgan fingerprint density at radius 2 is 1.59 bits per heavy atom. The molecule has 0 saturated carbocycles. The maximum Gasteiger partial charge on any atom is 0.269 e. The van der Waals surface area contributed by atoms with Crippen LogP contribution >= 0.6 is 23.4 Å². The number of nitrogens with one attached hydrogen (secondary N) is 1. The largest absolute Gasteiger partial charge is 0.322 e. The number of aryl methyl sites for hydroxylation is 1. The van der Waals surface area contributed by atoms with Crippen molar-refractivity contribution < 1.29 is 9.72 Å². The summed E-state index contributed by atoms with van der Waals surface area (Å²) >= 11 is 7.55. The quantitative estimate of drug-likeness (QED) is 0.425. The van der Waals surface area contributed by atoms with E-state index in [1.165, 1.54) is 23.9 Å². The molecular formula is C20H15ClN2O3S. The zero-order chi connectivity index (χ0) is 19.4. The van der Waals surface area contributed by atoms with E-state index in [2.05, 4.69) is 5.32 Å². The fourth-order valence-corrected chi connectivity index (χ4v) is 3.31. The van der Waals surface area contributed by atoms with Gasteiger partial charge in [0.05, 0.1) is 4.92 Å². The van der Waals surface area contributed by atoms with Crippen LogP contribution in [0.4, 0.5) is 11.4 Å². The lowest BCUT2D eigenvalue weighted by molar-refractivity contribution is -0.384. The van der Waals surface area contributed by atoms with Crippen LogP contribution in [0, 0.1) is 17.0 Å². The number of nitro benzene ring substituents is 1. The first kappa shape index (κ1) is 18.9. The number of hydrogen-bond donors (Lipinski definition) is 1. The van der Waals surface area contributed by atoms with Gasteiger partial charge in [0, 0.05) is 38.2 Å². The summed E-state index contributed by atoms with van der Waals surface area (Å²) in [7, 11) is 0. The topological polar surface area (TPSA) is 72.2 Å². The average molecular weight is 399 g/mol. The van der Waals surface area contributed by atoms with Crippen molar-refractivity contribution in [1.82, 2.24) is 0 Å². The van der Waals surface area contributed by atoms with Crippen molar-refractivity contribution in [3.63, 3.8) is 0 Å². The second-order valence-corrected chi connectivity index (χ2v) is 7.35. The van der Waals surface area contributed by atoms with E-state index in [0.29, 0.717) is 16.3 Å². The first-order valence-electron chi connectivity index (χ1n) is 8.02. The molecule has 0 radical (unpaired) electrons. The third kappa shape index (κ3) is 4.87. The number of rotatable bonds is 5. The van der Waals surface area contributed by atoms with Gasteiger partial charge in [-0.15, -0.1) is 0 Å². The van der Waals surface area contributed by atoms with E-state index in [9.17, 15) is 14.9 Å². The molecule has 0 aliphatic rings. The molecule has 3 aromatic rings. The highest BCUT2D eigenvalue weighted by atomic mass is 35.5. The van der Waals surface area contributed by atoms with Gasteiger partial charge in [0.25, 0.3) is 11.6 Å². The van der Waals surface area contributed by atoms with E-state index < -0.39 is 4.92 Å². The molecule has 1 amide bonds. The number of anilines is 1. The van der Waals surface area contributed by atoms with Gasteiger partial charge in [0.15, 0.2) is 0 Å². The molecule has 0 aliphatic carbocycles. The standard InChI is InChI=1S/C20H15ClN2O3S/c1-13-2-3-14(12-19(13)21)20(24)22-15-4-8-17(9-5-15)27-18-10-6-16(7-11-18)23(25)26/h2-12H,1H3,(H,22,24). The Hall–Kier alpha value is -2.83. The minimum absolute atomic E-state index is 0.0635. The van der Waals surface area contributed by atoms with Gasteiger partial charge in [-0.1, -0.05) is 29.4 Å². The fourth-order valence-electron chi connectivity index (χ4n) is 2.32. The normalized spacial score (nSPS) is 10.4. The number of carbonyl (C=O) groups is 1. The van der Waals surface area contributed by atoms with Crippen LogP contribution in [0.25, 0.3) is 0 Å². The van der Waals surface area contributed by atoms with Gasteiger partial charge in [-0.05, 0) is 61.0 Å². The minimum atomic E-state index is -0.423. The Labute approximate surface area is 165 Å². The van der Waals surface area contributed by atoms with Gasteiger partial charge in [0.2, 0.25) is 0 Å². The van der Waals surface area contributed by atoms with E-state index >= 15 is 0 Å². The molecule has 27 heavy (non-hydrogen) atoms. The molecule has 3 aromatic carbocycles. The monoisotopic (exact) mass is 398 g/mol. The first-order valence-corrected chi connectivity index (χ1v) is 9.22. The Balaban J connectivity index is 1.65. The van der Waals surface area contributed by atoms with E-state index in [0.717, 1.165) is 15.4 Å². The molecule has 0 heterocycles. The summed E-state index contributed by atoms with van der Waals surface area (Å²) in [5, 5.41) is 14.1. The number of nitro groups is 1. The maximum absolute atomic E-state index is 12.3. The summed E-state index contributed by atoms with van der Waals surface area (Å²) in [5.41, 5.74) is 2.15. The summed E-state index contributed by atoms with van der Waals surface area (Å²) in [6, 6.07) is 18.9. The number of halogens is 1. The summed E-state index contributed by atoms with van der Waals surface area (Å²) in [5.74, 6) is -0.229. The van der Waals surface area contributed by atoms with Crippen LogP contribution in [0.2, 0.25) is 5.02 Å². The van der Waals surface area contributed by atoms with Crippen molar-refractivity contribution in [3.8, 4) is 0 Å². The lowest BCUT2D eigenvalue weighted by atomic mass is 10.1. The second-order valence-electron chi connectivity index (χ2n) is 5.80. The molecular weight excluding hydrogens is 384 g/mol. The minimum Gasteiger partial charge on any atom is -0.322 e. The van der Waals surface area contributed by atoms with Crippen LogP contribution in [0.3, 0.4) is 0 Å². The van der Waals surface area contributed by atoms with E-state index in [1.54, 1.807) is 42.5 Å². The third-order valence-electron chi connectivity index (χ3n) is 3.83. The molecule has 1 N–H and O–H groups in total. The zero-order valence-corrected chi connectivity index (χ0v) is 15.9. The molecule has 0 saturated heterocycles. The Kier molecular flexibility index (Phi) is 5.78. The average Bonchev–Trinajstić information content (AvgIpc) is 2.66. The molecule has 0 unspecified atom stereocenters. The molecule has 3 rings (SSSR count). The number of hydrogen-bond acceptors (Lipinski definition) is 4. The van der Waals surface area contributed by atoms with Crippen LogP contribution in [0.1, 0.15) is 15.9 Å². The summed E-state index contributed by atoms with van der Waals surface area (Å²) in [6.07, 6.45) is 0. The molecule has 0 fully saturated rings. The second kappa shape index (κ2) is 8.24. The molecule has 0 bridgehead atoms.